The van der Waals surface area contributed by atoms with Crippen LogP contribution in [0, 0.1) is 12.8 Å². The van der Waals surface area contributed by atoms with Gasteiger partial charge < -0.3 is 10.6 Å². The van der Waals surface area contributed by atoms with Crippen LogP contribution in [0.3, 0.4) is 0 Å². The lowest BCUT2D eigenvalue weighted by Gasteiger charge is -2.22. The summed E-state index contributed by atoms with van der Waals surface area (Å²) in [5.74, 6) is 0.293. The van der Waals surface area contributed by atoms with Gasteiger partial charge in [-0.25, -0.2) is 13.6 Å². The molecule has 0 atom stereocenters. The van der Waals surface area contributed by atoms with Crippen molar-refractivity contribution in [3.63, 3.8) is 0 Å². The molecule has 1 aliphatic heterocycles. The van der Waals surface area contributed by atoms with Crippen LogP contribution >= 0.6 is 0 Å². The maximum atomic E-state index is 12.0. The molecule has 1 aromatic rings. The standard InChI is InChI=1S/C14H21N3O3S/c1-10-6-12(9-13(7-10)21(15,19)20)17-14(18)8-11-2-4-16-5-3-11/h6-7,9,11,16H,2-5,8H2,1H3,(H,17,18)(H2,15,19,20). The van der Waals surface area contributed by atoms with Gasteiger partial charge in [0.15, 0.2) is 0 Å². The molecule has 0 radical (unpaired) electrons. The maximum absolute atomic E-state index is 12.0. The van der Waals surface area contributed by atoms with Gasteiger partial charge in [-0.2, -0.15) is 0 Å². The number of hydrogen-bond acceptors (Lipinski definition) is 4. The Kier molecular flexibility index (Phi) is 4.97. The van der Waals surface area contributed by atoms with Gasteiger partial charge in [0, 0.05) is 12.1 Å². The van der Waals surface area contributed by atoms with Gasteiger partial charge >= 0.3 is 0 Å². The number of amides is 1. The summed E-state index contributed by atoms with van der Waals surface area (Å²) < 4.78 is 22.8. The lowest BCUT2D eigenvalue weighted by molar-refractivity contribution is -0.117. The van der Waals surface area contributed by atoms with Gasteiger partial charge in [0.05, 0.1) is 4.90 Å². The molecule has 21 heavy (non-hydrogen) atoms. The molecule has 1 aromatic carbocycles. The average Bonchev–Trinajstić information content (AvgIpc) is 2.37. The second kappa shape index (κ2) is 6.55. The molecule has 1 heterocycles. The minimum absolute atomic E-state index is 0.0136. The fourth-order valence-electron chi connectivity index (χ4n) is 2.54. The summed E-state index contributed by atoms with van der Waals surface area (Å²) in [4.78, 5) is 12.1. The Morgan fingerprint density at radius 2 is 2.00 bits per heavy atom. The summed E-state index contributed by atoms with van der Waals surface area (Å²) in [7, 11) is -3.77. The molecule has 0 unspecified atom stereocenters. The second-order valence-electron chi connectivity index (χ2n) is 5.53. The fourth-order valence-corrected chi connectivity index (χ4v) is 3.19. The third kappa shape index (κ3) is 4.80. The summed E-state index contributed by atoms with van der Waals surface area (Å²) in [5, 5.41) is 11.1. The number of rotatable bonds is 4. The summed E-state index contributed by atoms with van der Waals surface area (Å²) in [6.07, 6.45) is 2.44. The topological polar surface area (TPSA) is 101 Å². The highest BCUT2D eigenvalue weighted by atomic mass is 32.2. The molecular weight excluding hydrogens is 290 g/mol. The molecule has 0 aliphatic carbocycles. The van der Waals surface area contributed by atoms with E-state index in [4.69, 9.17) is 5.14 Å². The van der Waals surface area contributed by atoms with Gasteiger partial charge in [-0.05, 0) is 62.5 Å². The number of piperidine rings is 1. The largest absolute Gasteiger partial charge is 0.326 e. The monoisotopic (exact) mass is 311 g/mol. The zero-order chi connectivity index (χ0) is 15.5. The van der Waals surface area contributed by atoms with E-state index in [1.54, 1.807) is 13.0 Å². The van der Waals surface area contributed by atoms with Crippen LogP contribution in [0.4, 0.5) is 5.69 Å². The zero-order valence-corrected chi connectivity index (χ0v) is 12.9. The van der Waals surface area contributed by atoms with E-state index in [-0.39, 0.29) is 10.8 Å². The van der Waals surface area contributed by atoms with E-state index in [9.17, 15) is 13.2 Å². The van der Waals surface area contributed by atoms with Crippen molar-refractivity contribution >= 4 is 21.6 Å². The van der Waals surface area contributed by atoms with E-state index in [1.165, 1.54) is 12.1 Å². The van der Waals surface area contributed by atoms with Crippen LogP contribution in [0.15, 0.2) is 23.1 Å². The predicted molar refractivity (Wildman–Crippen MR) is 81.4 cm³/mol. The number of nitrogens with two attached hydrogens (primary N) is 1. The highest BCUT2D eigenvalue weighted by molar-refractivity contribution is 7.89. The lowest BCUT2D eigenvalue weighted by atomic mass is 9.94. The molecule has 1 aliphatic rings. The van der Waals surface area contributed by atoms with Crippen LogP contribution in [0.2, 0.25) is 0 Å². The van der Waals surface area contributed by atoms with Crippen molar-refractivity contribution in [1.82, 2.24) is 5.32 Å². The van der Waals surface area contributed by atoms with Crippen LogP contribution in [0.1, 0.15) is 24.8 Å². The molecule has 1 amide bonds. The smallest absolute Gasteiger partial charge is 0.238 e. The normalized spacial score (nSPS) is 16.7. The van der Waals surface area contributed by atoms with Crippen molar-refractivity contribution in [2.45, 2.75) is 31.1 Å². The molecule has 7 heteroatoms. The Morgan fingerprint density at radius 1 is 1.33 bits per heavy atom. The van der Waals surface area contributed by atoms with E-state index in [1.807, 2.05) is 0 Å². The van der Waals surface area contributed by atoms with Gasteiger partial charge in [0.25, 0.3) is 0 Å². The van der Waals surface area contributed by atoms with Crippen molar-refractivity contribution < 1.29 is 13.2 Å². The van der Waals surface area contributed by atoms with Gasteiger partial charge in [-0.3, -0.25) is 4.79 Å². The van der Waals surface area contributed by atoms with E-state index in [0.717, 1.165) is 31.5 Å². The zero-order valence-electron chi connectivity index (χ0n) is 12.1. The molecule has 0 aromatic heterocycles. The number of benzene rings is 1. The van der Waals surface area contributed by atoms with Crippen LogP contribution < -0.4 is 15.8 Å². The molecule has 6 nitrogen and oxygen atoms in total. The molecule has 0 saturated carbocycles. The quantitative estimate of drug-likeness (QED) is 0.771. The number of nitrogens with one attached hydrogen (secondary N) is 2. The molecule has 116 valence electrons. The summed E-state index contributed by atoms with van der Waals surface area (Å²) in [6.45, 7) is 3.65. The number of carbonyl (C=O) groups is 1. The van der Waals surface area contributed by atoms with Gasteiger partial charge in [-0.1, -0.05) is 0 Å². The molecule has 4 N–H and O–H groups in total. The fraction of sp³-hybridized carbons (Fsp3) is 0.500. The maximum Gasteiger partial charge on any atom is 0.238 e. The molecule has 0 spiro atoms. The van der Waals surface area contributed by atoms with Gasteiger partial charge in [-0.15, -0.1) is 0 Å². The predicted octanol–water partition coefficient (Wildman–Crippen LogP) is 0.971. The molecule has 1 saturated heterocycles. The number of carbonyl (C=O) groups excluding carboxylic acids is 1. The van der Waals surface area contributed by atoms with Gasteiger partial charge in [0.1, 0.15) is 0 Å². The second-order valence-corrected chi connectivity index (χ2v) is 7.09. The van der Waals surface area contributed by atoms with Crippen molar-refractivity contribution in [1.29, 1.82) is 0 Å². The van der Waals surface area contributed by atoms with Crippen LogP contribution in [-0.2, 0) is 14.8 Å². The van der Waals surface area contributed by atoms with Crippen LogP contribution in [0.5, 0.6) is 0 Å². The highest BCUT2D eigenvalue weighted by Crippen LogP contribution is 2.20. The first-order valence-corrected chi connectivity index (χ1v) is 8.54. The molecule has 1 fully saturated rings. The molecular formula is C14H21N3O3S. The van der Waals surface area contributed by atoms with E-state index >= 15 is 0 Å². The van der Waals surface area contributed by atoms with Crippen molar-refractivity contribution in [3.05, 3.63) is 23.8 Å². The third-order valence-corrected chi connectivity index (χ3v) is 4.49. The minimum atomic E-state index is -3.77. The summed E-state index contributed by atoms with van der Waals surface area (Å²) >= 11 is 0. The third-order valence-electron chi connectivity index (χ3n) is 3.60. The number of hydrogen-bond donors (Lipinski definition) is 3. The Balaban J connectivity index is 2.05. The number of anilines is 1. The number of primary sulfonamides is 1. The van der Waals surface area contributed by atoms with Crippen molar-refractivity contribution in [2.24, 2.45) is 11.1 Å². The number of sulfonamides is 1. The first kappa shape index (κ1) is 15.9. The summed E-state index contributed by atoms with van der Waals surface area (Å²) in [5.41, 5.74) is 1.21. The van der Waals surface area contributed by atoms with Crippen molar-refractivity contribution in [3.8, 4) is 0 Å². The number of aryl methyl sites for hydroxylation is 1. The van der Waals surface area contributed by atoms with E-state index < -0.39 is 10.0 Å². The highest BCUT2D eigenvalue weighted by Gasteiger charge is 2.17. The van der Waals surface area contributed by atoms with Crippen LogP contribution in [-0.4, -0.2) is 27.4 Å². The van der Waals surface area contributed by atoms with Crippen molar-refractivity contribution in [2.75, 3.05) is 18.4 Å². The Labute approximate surface area is 125 Å². The average molecular weight is 311 g/mol. The Morgan fingerprint density at radius 3 is 2.62 bits per heavy atom. The first-order valence-electron chi connectivity index (χ1n) is 6.99. The Hall–Kier alpha value is -1.44. The lowest BCUT2D eigenvalue weighted by Crippen LogP contribution is -2.30. The molecule has 0 bridgehead atoms. The molecule has 2 rings (SSSR count). The van der Waals surface area contributed by atoms with Crippen LogP contribution in [0.25, 0.3) is 0 Å². The minimum Gasteiger partial charge on any atom is -0.326 e. The Bertz CT molecular complexity index is 622. The first-order chi connectivity index (χ1) is 9.84. The SMILES string of the molecule is Cc1cc(NC(=O)CC2CCNCC2)cc(S(N)(=O)=O)c1. The van der Waals surface area contributed by atoms with E-state index in [2.05, 4.69) is 10.6 Å². The van der Waals surface area contributed by atoms with Gasteiger partial charge in [0.2, 0.25) is 15.9 Å². The summed E-state index contributed by atoms with van der Waals surface area (Å²) in [6, 6.07) is 4.61. The van der Waals surface area contributed by atoms with E-state index in [0.29, 0.717) is 18.0 Å².